The van der Waals surface area contributed by atoms with E-state index >= 15 is 0 Å². The monoisotopic (exact) mass is 210 g/mol. The highest BCUT2D eigenvalue weighted by molar-refractivity contribution is 5.95. The molecule has 2 aliphatic carbocycles. The van der Waals surface area contributed by atoms with Gasteiger partial charge in [-0.05, 0) is 22.3 Å². The SMILES string of the molecule is O=C(O)C1=CC=C2C=Cc3cccc(c32)C1. The fourth-order valence-electron chi connectivity index (χ4n) is 2.26. The molecule has 1 N–H and O–H groups in total. The molecule has 0 aliphatic heterocycles. The average molecular weight is 210 g/mol. The fourth-order valence-corrected chi connectivity index (χ4v) is 2.26. The Bertz CT molecular complexity index is 574. The number of hydrogen-bond acceptors (Lipinski definition) is 1. The van der Waals surface area contributed by atoms with E-state index in [9.17, 15) is 4.79 Å². The molecule has 0 saturated heterocycles. The van der Waals surface area contributed by atoms with Crippen LogP contribution in [0, 0.1) is 0 Å². The molecule has 0 amide bonds. The fraction of sp³-hybridized carbons (Fsp3) is 0.0714. The van der Waals surface area contributed by atoms with Crippen molar-refractivity contribution in [2.75, 3.05) is 0 Å². The molecule has 0 radical (unpaired) electrons. The third-order valence-corrected chi connectivity index (χ3v) is 3.03. The molecule has 1 aromatic carbocycles. The zero-order valence-corrected chi connectivity index (χ0v) is 8.60. The lowest BCUT2D eigenvalue weighted by Crippen LogP contribution is -2.04. The Balaban J connectivity index is 2.22. The minimum Gasteiger partial charge on any atom is -0.478 e. The highest BCUT2D eigenvalue weighted by atomic mass is 16.4. The topological polar surface area (TPSA) is 37.3 Å². The van der Waals surface area contributed by atoms with E-state index in [1.807, 2.05) is 24.3 Å². The number of carboxylic acids is 1. The summed E-state index contributed by atoms with van der Waals surface area (Å²) < 4.78 is 0. The summed E-state index contributed by atoms with van der Waals surface area (Å²) in [7, 11) is 0. The molecule has 0 aromatic heterocycles. The number of carboxylic acid groups (broad SMARTS) is 1. The van der Waals surface area contributed by atoms with Crippen LogP contribution in [0.15, 0.2) is 42.0 Å². The van der Waals surface area contributed by atoms with Crippen molar-refractivity contribution in [1.82, 2.24) is 0 Å². The molecular weight excluding hydrogens is 200 g/mol. The van der Waals surface area contributed by atoms with Gasteiger partial charge in [0.2, 0.25) is 0 Å². The van der Waals surface area contributed by atoms with Crippen LogP contribution in [0.1, 0.15) is 16.7 Å². The van der Waals surface area contributed by atoms with Crippen molar-refractivity contribution >= 4 is 17.6 Å². The summed E-state index contributed by atoms with van der Waals surface area (Å²) in [6.07, 6.45) is 8.21. The van der Waals surface area contributed by atoms with Gasteiger partial charge in [-0.15, -0.1) is 0 Å². The smallest absolute Gasteiger partial charge is 0.331 e. The van der Waals surface area contributed by atoms with Crippen molar-refractivity contribution in [2.24, 2.45) is 0 Å². The molecule has 2 aliphatic rings. The minimum atomic E-state index is -0.835. The zero-order chi connectivity index (χ0) is 11.1. The van der Waals surface area contributed by atoms with E-state index in [0.29, 0.717) is 12.0 Å². The molecule has 78 valence electrons. The van der Waals surface area contributed by atoms with Gasteiger partial charge in [0, 0.05) is 12.0 Å². The van der Waals surface area contributed by atoms with Crippen LogP contribution in [0.2, 0.25) is 0 Å². The molecule has 2 heteroatoms. The molecular formula is C14H10O2. The van der Waals surface area contributed by atoms with Gasteiger partial charge < -0.3 is 5.11 Å². The van der Waals surface area contributed by atoms with E-state index in [1.54, 1.807) is 6.08 Å². The first-order valence-corrected chi connectivity index (χ1v) is 5.20. The molecule has 2 nitrogen and oxygen atoms in total. The summed E-state index contributed by atoms with van der Waals surface area (Å²) in [6.45, 7) is 0. The van der Waals surface area contributed by atoms with Crippen LogP contribution in [-0.2, 0) is 11.2 Å². The van der Waals surface area contributed by atoms with Gasteiger partial charge in [-0.2, -0.15) is 0 Å². The van der Waals surface area contributed by atoms with E-state index in [4.69, 9.17) is 5.11 Å². The van der Waals surface area contributed by atoms with Crippen molar-refractivity contribution < 1.29 is 9.90 Å². The second kappa shape index (κ2) is 3.20. The normalized spacial score (nSPS) is 16.2. The Morgan fingerprint density at radius 1 is 1.19 bits per heavy atom. The maximum Gasteiger partial charge on any atom is 0.331 e. The van der Waals surface area contributed by atoms with Crippen molar-refractivity contribution in [2.45, 2.75) is 6.42 Å². The van der Waals surface area contributed by atoms with Crippen LogP contribution >= 0.6 is 0 Å². The number of carbonyl (C=O) groups is 1. The predicted molar refractivity (Wildman–Crippen MR) is 62.9 cm³/mol. The van der Waals surface area contributed by atoms with Gasteiger partial charge in [-0.3, -0.25) is 0 Å². The molecule has 0 atom stereocenters. The maximum atomic E-state index is 11.0. The lowest BCUT2D eigenvalue weighted by molar-refractivity contribution is -0.132. The summed E-state index contributed by atoms with van der Waals surface area (Å²) >= 11 is 0. The second-order valence-electron chi connectivity index (χ2n) is 4.01. The minimum absolute atomic E-state index is 0.448. The zero-order valence-electron chi connectivity index (χ0n) is 8.60. The highest BCUT2D eigenvalue weighted by Gasteiger charge is 2.19. The van der Waals surface area contributed by atoms with Crippen molar-refractivity contribution in [3.63, 3.8) is 0 Å². The van der Waals surface area contributed by atoms with E-state index in [0.717, 1.165) is 11.1 Å². The summed E-state index contributed by atoms with van der Waals surface area (Å²) in [5.74, 6) is -0.835. The first kappa shape index (κ1) is 9.16. The number of rotatable bonds is 1. The van der Waals surface area contributed by atoms with Crippen molar-refractivity contribution in [3.8, 4) is 0 Å². The summed E-state index contributed by atoms with van der Waals surface area (Å²) in [6, 6.07) is 6.04. The molecule has 16 heavy (non-hydrogen) atoms. The van der Waals surface area contributed by atoms with E-state index in [2.05, 4.69) is 12.1 Å². The number of aliphatic carboxylic acids is 1. The first-order chi connectivity index (χ1) is 7.75. The largest absolute Gasteiger partial charge is 0.478 e. The number of hydrogen-bond donors (Lipinski definition) is 1. The van der Waals surface area contributed by atoms with Crippen LogP contribution in [0.25, 0.3) is 11.6 Å². The standard InChI is InChI=1S/C14H10O2/c15-14(16)12-7-6-10-5-4-9-2-1-3-11(8-12)13(9)10/h1-7H,8H2,(H,15,16). The molecule has 3 rings (SSSR count). The average Bonchev–Trinajstić information content (AvgIpc) is 2.57. The Kier molecular flexibility index (Phi) is 1.83. The van der Waals surface area contributed by atoms with Crippen LogP contribution < -0.4 is 0 Å². The van der Waals surface area contributed by atoms with Gasteiger partial charge in [0.25, 0.3) is 0 Å². The molecule has 0 spiro atoms. The van der Waals surface area contributed by atoms with Gasteiger partial charge in [-0.1, -0.05) is 42.5 Å². The molecule has 0 saturated carbocycles. The van der Waals surface area contributed by atoms with Crippen LogP contribution in [0.3, 0.4) is 0 Å². The second-order valence-corrected chi connectivity index (χ2v) is 4.01. The van der Waals surface area contributed by atoms with Gasteiger partial charge >= 0.3 is 5.97 Å². The summed E-state index contributed by atoms with van der Waals surface area (Å²) in [4.78, 5) is 11.0. The quantitative estimate of drug-likeness (QED) is 0.773. The van der Waals surface area contributed by atoms with E-state index in [1.165, 1.54) is 11.1 Å². The Morgan fingerprint density at radius 2 is 2.06 bits per heavy atom. The molecule has 0 bridgehead atoms. The van der Waals surface area contributed by atoms with Crippen LogP contribution in [-0.4, -0.2) is 11.1 Å². The molecule has 0 unspecified atom stereocenters. The van der Waals surface area contributed by atoms with Gasteiger partial charge in [0.05, 0.1) is 0 Å². The van der Waals surface area contributed by atoms with Crippen molar-refractivity contribution in [3.05, 3.63) is 58.7 Å². The number of benzene rings is 1. The summed E-state index contributed by atoms with van der Waals surface area (Å²) in [5.41, 5.74) is 5.03. The van der Waals surface area contributed by atoms with Crippen LogP contribution in [0.5, 0.6) is 0 Å². The Morgan fingerprint density at radius 3 is 2.88 bits per heavy atom. The molecule has 0 heterocycles. The Hall–Kier alpha value is -2.09. The van der Waals surface area contributed by atoms with Crippen molar-refractivity contribution in [1.29, 1.82) is 0 Å². The maximum absolute atomic E-state index is 11.0. The van der Waals surface area contributed by atoms with Gasteiger partial charge in [-0.25, -0.2) is 4.79 Å². The Labute approximate surface area is 93.2 Å². The van der Waals surface area contributed by atoms with Crippen LogP contribution in [0.4, 0.5) is 0 Å². The predicted octanol–water partition coefficient (Wildman–Crippen LogP) is 2.66. The van der Waals surface area contributed by atoms with Gasteiger partial charge in [0.1, 0.15) is 0 Å². The molecule has 1 aromatic rings. The third-order valence-electron chi connectivity index (χ3n) is 3.03. The lowest BCUT2D eigenvalue weighted by Gasteiger charge is -2.07. The van der Waals surface area contributed by atoms with E-state index < -0.39 is 5.97 Å². The first-order valence-electron chi connectivity index (χ1n) is 5.20. The summed E-state index contributed by atoms with van der Waals surface area (Å²) in [5, 5.41) is 9.05. The number of allylic oxidation sites excluding steroid dienone is 4. The third kappa shape index (κ3) is 1.23. The van der Waals surface area contributed by atoms with Gasteiger partial charge in [0.15, 0.2) is 0 Å². The molecule has 0 fully saturated rings. The lowest BCUT2D eigenvalue weighted by atomic mass is 9.97. The highest BCUT2D eigenvalue weighted by Crippen LogP contribution is 2.35. The van der Waals surface area contributed by atoms with E-state index in [-0.39, 0.29) is 0 Å².